The molecule has 3 heteroatoms. The normalized spacial score (nSPS) is 11.4. The molecule has 1 nitrogen and oxygen atoms in total. The van der Waals surface area contributed by atoms with Crippen LogP contribution in [0.3, 0.4) is 0 Å². The van der Waals surface area contributed by atoms with Crippen LogP contribution in [-0.4, -0.2) is 16.6 Å². The molecule has 0 saturated carbocycles. The van der Waals surface area contributed by atoms with Gasteiger partial charge in [0.25, 0.3) is 0 Å². The first-order chi connectivity index (χ1) is 17.7. The summed E-state index contributed by atoms with van der Waals surface area (Å²) in [6.45, 7) is 6.79. The number of hydrogen-bond donors (Lipinski definition) is 1. The monoisotopic (exact) mass is 536 g/mol. The number of phenolic OH excluding ortho intramolecular Hbond substituents is 1. The fraction of sp³-hybridized carbons (Fsp3) is 0.818. The fourth-order valence-corrected chi connectivity index (χ4v) is 7.08. The van der Waals surface area contributed by atoms with Crippen molar-refractivity contribution in [3.63, 3.8) is 0 Å². The molecule has 0 amide bonds. The van der Waals surface area contributed by atoms with Gasteiger partial charge in [-0.2, -0.15) is 23.5 Å². The van der Waals surface area contributed by atoms with Gasteiger partial charge < -0.3 is 5.11 Å². The quantitative estimate of drug-likeness (QED) is 0.119. The van der Waals surface area contributed by atoms with E-state index in [1.165, 1.54) is 157 Å². The largest absolute Gasteiger partial charge is 0.508 e. The highest BCUT2D eigenvalue weighted by Crippen LogP contribution is 2.30. The summed E-state index contributed by atoms with van der Waals surface area (Å²) in [5.41, 5.74) is 3.91. The molecular weight excluding hydrogens is 476 g/mol. The Labute approximate surface area is 234 Å². The molecule has 0 fully saturated rings. The Morgan fingerprint density at radius 2 is 0.917 bits per heavy atom. The Kier molecular flexibility index (Phi) is 23.5. The van der Waals surface area contributed by atoms with Crippen molar-refractivity contribution in [1.82, 2.24) is 0 Å². The second-order valence-corrected chi connectivity index (χ2v) is 13.0. The number of hydrogen-bond acceptors (Lipinski definition) is 3. The third-order valence-corrected chi connectivity index (χ3v) is 9.64. The predicted molar refractivity (Wildman–Crippen MR) is 169 cm³/mol. The minimum atomic E-state index is 0.492. The van der Waals surface area contributed by atoms with Crippen molar-refractivity contribution in [2.75, 3.05) is 11.5 Å². The number of benzene rings is 1. The molecule has 0 radical (unpaired) electrons. The summed E-state index contributed by atoms with van der Waals surface area (Å²) in [6, 6.07) is 4.08. The molecule has 0 bridgehead atoms. The molecule has 0 aliphatic heterocycles. The molecule has 0 saturated heterocycles. The van der Waals surface area contributed by atoms with E-state index in [0.717, 1.165) is 11.5 Å². The first-order valence-corrected chi connectivity index (χ1v) is 18.0. The lowest BCUT2D eigenvalue weighted by Gasteiger charge is -2.13. The third kappa shape index (κ3) is 18.1. The molecule has 0 heterocycles. The standard InChI is InChI=1S/C33H60OS2/c1-4-6-8-10-12-14-16-18-20-22-26-35-28-31-24-25-33(34)32(30(31)3)29-36-27-23-21-19-17-15-13-11-9-7-5-2/h24-25,34H,4-23,26-29H2,1-3H3. The van der Waals surface area contributed by atoms with Crippen LogP contribution in [0.4, 0.5) is 0 Å². The van der Waals surface area contributed by atoms with E-state index in [2.05, 4.69) is 38.6 Å². The average Bonchev–Trinajstić information content (AvgIpc) is 2.88. The van der Waals surface area contributed by atoms with Gasteiger partial charge in [-0.1, -0.05) is 135 Å². The van der Waals surface area contributed by atoms with Crippen LogP contribution in [0, 0.1) is 6.92 Å². The highest BCUT2D eigenvalue weighted by molar-refractivity contribution is 7.98. The average molecular weight is 537 g/mol. The molecule has 1 N–H and O–H groups in total. The van der Waals surface area contributed by atoms with Gasteiger partial charge in [-0.25, -0.2) is 0 Å². The van der Waals surface area contributed by atoms with Gasteiger partial charge in [0.1, 0.15) is 5.75 Å². The van der Waals surface area contributed by atoms with Crippen molar-refractivity contribution in [1.29, 1.82) is 0 Å². The number of phenols is 1. The van der Waals surface area contributed by atoms with E-state index >= 15 is 0 Å². The van der Waals surface area contributed by atoms with Gasteiger partial charge in [0.2, 0.25) is 0 Å². The Morgan fingerprint density at radius 1 is 0.528 bits per heavy atom. The first-order valence-electron chi connectivity index (χ1n) is 15.7. The van der Waals surface area contributed by atoms with Crippen LogP contribution in [0.5, 0.6) is 5.75 Å². The van der Waals surface area contributed by atoms with Gasteiger partial charge in [-0.05, 0) is 48.5 Å². The molecule has 36 heavy (non-hydrogen) atoms. The van der Waals surface area contributed by atoms with Gasteiger partial charge in [-0.15, -0.1) is 0 Å². The summed E-state index contributed by atoms with van der Waals surface area (Å²) in [5.74, 6) is 5.00. The molecule has 1 aromatic carbocycles. The summed E-state index contributed by atoms with van der Waals surface area (Å²) < 4.78 is 0. The van der Waals surface area contributed by atoms with Crippen molar-refractivity contribution in [2.45, 2.75) is 161 Å². The Bertz CT molecular complexity index is 616. The number of thioether (sulfide) groups is 2. The number of aromatic hydroxyl groups is 1. The topological polar surface area (TPSA) is 20.2 Å². The van der Waals surface area contributed by atoms with Crippen molar-refractivity contribution < 1.29 is 5.11 Å². The molecule has 0 atom stereocenters. The van der Waals surface area contributed by atoms with Crippen LogP contribution in [0.15, 0.2) is 12.1 Å². The van der Waals surface area contributed by atoms with Crippen LogP contribution >= 0.6 is 23.5 Å². The van der Waals surface area contributed by atoms with E-state index in [9.17, 15) is 5.11 Å². The SMILES string of the molecule is CCCCCCCCCCCCSCc1ccc(O)c(CSCCCCCCCCCCCC)c1C. The summed E-state index contributed by atoms with van der Waals surface area (Å²) in [6.07, 6.45) is 28.0. The van der Waals surface area contributed by atoms with Crippen LogP contribution in [0.25, 0.3) is 0 Å². The first kappa shape index (κ1) is 33.7. The van der Waals surface area contributed by atoms with E-state index in [-0.39, 0.29) is 0 Å². The van der Waals surface area contributed by atoms with E-state index in [1.807, 2.05) is 17.8 Å². The Balaban J connectivity index is 2.08. The van der Waals surface area contributed by atoms with E-state index in [4.69, 9.17) is 0 Å². The van der Waals surface area contributed by atoms with E-state index in [1.54, 1.807) is 0 Å². The summed E-state index contributed by atoms with van der Waals surface area (Å²) in [5, 5.41) is 10.4. The van der Waals surface area contributed by atoms with Crippen molar-refractivity contribution >= 4 is 23.5 Å². The minimum Gasteiger partial charge on any atom is -0.508 e. The lowest BCUT2D eigenvalue weighted by molar-refractivity contribution is 0.470. The summed E-state index contributed by atoms with van der Waals surface area (Å²) in [7, 11) is 0. The second kappa shape index (κ2) is 25.0. The van der Waals surface area contributed by atoms with Gasteiger partial charge in [0.05, 0.1) is 0 Å². The van der Waals surface area contributed by atoms with Crippen LogP contribution in [-0.2, 0) is 11.5 Å². The van der Waals surface area contributed by atoms with Gasteiger partial charge in [0, 0.05) is 17.1 Å². The van der Waals surface area contributed by atoms with Gasteiger partial charge in [-0.3, -0.25) is 0 Å². The summed E-state index contributed by atoms with van der Waals surface area (Å²) in [4.78, 5) is 0. The molecular formula is C33H60OS2. The van der Waals surface area contributed by atoms with Crippen LogP contribution < -0.4 is 0 Å². The number of unbranched alkanes of at least 4 members (excludes halogenated alkanes) is 18. The zero-order valence-electron chi connectivity index (χ0n) is 24.4. The lowest BCUT2D eigenvalue weighted by atomic mass is 10.0. The highest BCUT2D eigenvalue weighted by atomic mass is 32.2. The Morgan fingerprint density at radius 3 is 1.36 bits per heavy atom. The number of rotatable bonds is 26. The molecule has 0 aliphatic rings. The fourth-order valence-electron chi connectivity index (χ4n) is 4.87. The molecule has 1 aromatic rings. The molecule has 0 unspecified atom stereocenters. The third-order valence-electron chi connectivity index (χ3n) is 7.47. The van der Waals surface area contributed by atoms with Crippen LogP contribution in [0.1, 0.15) is 159 Å². The van der Waals surface area contributed by atoms with E-state index < -0.39 is 0 Å². The second-order valence-electron chi connectivity index (χ2n) is 10.8. The molecule has 210 valence electrons. The summed E-state index contributed by atoms with van der Waals surface area (Å²) >= 11 is 4.07. The predicted octanol–water partition coefficient (Wildman–Crippen LogP) is 12.0. The van der Waals surface area contributed by atoms with Gasteiger partial charge in [0.15, 0.2) is 0 Å². The minimum absolute atomic E-state index is 0.492. The zero-order valence-corrected chi connectivity index (χ0v) is 26.0. The highest BCUT2D eigenvalue weighted by Gasteiger charge is 2.10. The molecule has 0 aromatic heterocycles. The maximum atomic E-state index is 10.4. The van der Waals surface area contributed by atoms with Crippen molar-refractivity contribution in [3.8, 4) is 5.75 Å². The zero-order chi connectivity index (χ0) is 26.1. The molecule has 1 rings (SSSR count). The Hall–Kier alpha value is -0.280. The maximum absolute atomic E-state index is 10.4. The van der Waals surface area contributed by atoms with Crippen molar-refractivity contribution in [3.05, 3.63) is 28.8 Å². The smallest absolute Gasteiger partial charge is 0.119 e. The van der Waals surface area contributed by atoms with Gasteiger partial charge >= 0.3 is 0 Å². The molecule has 0 aliphatic carbocycles. The maximum Gasteiger partial charge on any atom is 0.119 e. The van der Waals surface area contributed by atoms with Crippen molar-refractivity contribution in [2.24, 2.45) is 0 Å². The van der Waals surface area contributed by atoms with E-state index in [0.29, 0.717) is 5.75 Å². The molecule has 0 spiro atoms. The van der Waals surface area contributed by atoms with Crippen LogP contribution in [0.2, 0.25) is 0 Å². The lowest BCUT2D eigenvalue weighted by Crippen LogP contribution is -1.96.